The normalized spacial score (nSPS) is 13.8. The molecule has 9 heteroatoms. The van der Waals surface area contributed by atoms with E-state index in [4.69, 9.17) is 27.1 Å². The van der Waals surface area contributed by atoms with E-state index in [1.165, 1.54) is 24.3 Å². The lowest BCUT2D eigenvalue weighted by atomic mass is 10.0. The lowest BCUT2D eigenvalue weighted by molar-refractivity contribution is -0.107. The first-order chi connectivity index (χ1) is 16.4. The highest BCUT2D eigenvalue weighted by Gasteiger charge is 2.17. The summed E-state index contributed by atoms with van der Waals surface area (Å²) >= 11 is 5.35. The molecule has 0 unspecified atom stereocenters. The van der Waals surface area contributed by atoms with Crippen LogP contribution in [0, 0.1) is 5.82 Å². The van der Waals surface area contributed by atoms with Gasteiger partial charge >= 0.3 is 0 Å². The Kier molecular flexibility index (Phi) is 7.20. The number of primary amides is 1. The van der Waals surface area contributed by atoms with Crippen LogP contribution in [0.3, 0.4) is 0 Å². The third-order valence-electron chi connectivity index (χ3n) is 5.31. The van der Waals surface area contributed by atoms with Crippen LogP contribution >= 0.6 is 11.6 Å². The number of pyridine rings is 1. The van der Waals surface area contributed by atoms with Crippen LogP contribution in [0.1, 0.15) is 15.9 Å². The molecule has 0 aliphatic carbocycles. The number of carbonyl (C=O) groups is 2. The van der Waals surface area contributed by atoms with Crippen LogP contribution in [-0.4, -0.2) is 42.3 Å². The van der Waals surface area contributed by atoms with Crippen LogP contribution < -0.4 is 20.7 Å². The second kappa shape index (κ2) is 10.5. The predicted octanol–water partition coefficient (Wildman–Crippen LogP) is 3.97. The summed E-state index contributed by atoms with van der Waals surface area (Å²) in [6.45, 7) is 3.36. The van der Waals surface area contributed by atoms with Crippen molar-refractivity contribution < 1.29 is 18.7 Å². The molecule has 2 heterocycles. The number of hydrogen-bond donors (Lipinski definition) is 2. The first kappa shape index (κ1) is 23.4. The van der Waals surface area contributed by atoms with Crippen LogP contribution in [0.2, 0.25) is 0 Å². The average Bonchev–Trinajstić information content (AvgIpc) is 2.84. The number of ether oxygens (including phenoxy) is 1. The lowest BCUT2D eigenvalue weighted by Gasteiger charge is -2.29. The molecule has 3 aromatic rings. The third-order valence-corrected chi connectivity index (χ3v) is 5.43. The molecule has 0 radical (unpaired) electrons. The molecule has 0 spiro atoms. The van der Waals surface area contributed by atoms with Crippen LogP contribution in [-0.2, 0) is 4.79 Å². The summed E-state index contributed by atoms with van der Waals surface area (Å²) in [5.41, 5.74) is 7.46. The van der Waals surface area contributed by atoms with Crippen molar-refractivity contribution in [2.24, 2.45) is 5.73 Å². The molecular formula is C25H22ClFN4O3. The lowest BCUT2D eigenvalue weighted by Crippen LogP contribution is -2.44. The van der Waals surface area contributed by atoms with E-state index in [9.17, 15) is 14.0 Å². The van der Waals surface area contributed by atoms with Crippen molar-refractivity contribution in [3.8, 4) is 22.8 Å². The monoisotopic (exact) mass is 480 g/mol. The number of allylic oxidation sites excluding steroid dienone is 1. The van der Waals surface area contributed by atoms with E-state index >= 15 is 0 Å². The fourth-order valence-electron chi connectivity index (χ4n) is 3.64. The standard InChI is InChI=1S/C25H22ClFN4O3/c26-22(32)9-3-17-15-18(27)4-8-21(17)34-19-5-1-16(2-6-19)24-20(25(28)33)7-10-23(30-24)31-13-11-29-12-14-31/h1-10,15,29H,11-14H2,(H2,28,33)/b9-3+. The Labute approximate surface area is 201 Å². The molecule has 1 aliphatic heterocycles. The SMILES string of the molecule is NC(=O)c1ccc(N2CCNCC2)nc1-c1ccc(Oc2ccc(F)cc2/C=C/C(=O)Cl)cc1. The summed E-state index contributed by atoms with van der Waals surface area (Å²) in [5, 5.41) is 2.62. The Hall–Kier alpha value is -3.75. The quantitative estimate of drug-likeness (QED) is 0.392. The molecule has 2 aromatic carbocycles. The first-order valence-corrected chi connectivity index (χ1v) is 11.0. The van der Waals surface area contributed by atoms with Gasteiger partial charge in [0.2, 0.25) is 5.24 Å². The van der Waals surface area contributed by atoms with Gasteiger partial charge in [0.15, 0.2) is 0 Å². The summed E-state index contributed by atoms with van der Waals surface area (Å²) < 4.78 is 19.5. The number of rotatable bonds is 7. The van der Waals surface area contributed by atoms with Gasteiger partial charge in [-0.15, -0.1) is 0 Å². The number of hydrogen-bond acceptors (Lipinski definition) is 6. The molecule has 0 saturated carbocycles. The van der Waals surface area contributed by atoms with E-state index in [1.807, 2.05) is 6.07 Å². The highest BCUT2D eigenvalue weighted by Crippen LogP contribution is 2.31. The van der Waals surface area contributed by atoms with E-state index in [2.05, 4.69) is 10.2 Å². The molecular weight excluding hydrogens is 459 g/mol. The summed E-state index contributed by atoms with van der Waals surface area (Å²) in [6.07, 6.45) is 2.50. The largest absolute Gasteiger partial charge is 0.457 e. The summed E-state index contributed by atoms with van der Waals surface area (Å²) in [7, 11) is 0. The van der Waals surface area contributed by atoms with Gasteiger partial charge in [-0.3, -0.25) is 9.59 Å². The van der Waals surface area contributed by atoms with Crippen LogP contribution in [0.25, 0.3) is 17.3 Å². The Morgan fingerprint density at radius 2 is 1.82 bits per heavy atom. The number of nitrogens with two attached hydrogens (primary N) is 1. The zero-order chi connectivity index (χ0) is 24.1. The van der Waals surface area contributed by atoms with Crippen molar-refractivity contribution in [1.29, 1.82) is 0 Å². The topological polar surface area (TPSA) is 97.6 Å². The molecule has 0 bridgehead atoms. The molecule has 1 saturated heterocycles. The molecule has 174 valence electrons. The van der Waals surface area contributed by atoms with E-state index in [1.54, 1.807) is 30.3 Å². The van der Waals surface area contributed by atoms with Gasteiger partial charge < -0.3 is 20.7 Å². The Balaban J connectivity index is 1.62. The summed E-state index contributed by atoms with van der Waals surface area (Å²) in [4.78, 5) is 29.9. The van der Waals surface area contributed by atoms with Crippen molar-refractivity contribution >= 4 is 34.6 Å². The Morgan fingerprint density at radius 3 is 2.50 bits per heavy atom. The number of halogens is 2. The first-order valence-electron chi connectivity index (χ1n) is 10.6. The van der Waals surface area contributed by atoms with E-state index in [0.717, 1.165) is 38.1 Å². The van der Waals surface area contributed by atoms with Crippen molar-refractivity contribution in [2.75, 3.05) is 31.1 Å². The van der Waals surface area contributed by atoms with Crippen molar-refractivity contribution in [1.82, 2.24) is 10.3 Å². The highest BCUT2D eigenvalue weighted by atomic mass is 35.5. The van der Waals surface area contributed by atoms with E-state index < -0.39 is 17.0 Å². The molecule has 1 fully saturated rings. The summed E-state index contributed by atoms with van der Waals surface area (Å²) in [6, 6.07) is 14.4. The minimum absolute atomic E-state index is 0.323. The maximum absolute atomic E-state index is 13.7. The fraction of sp³-hybridized carbons (Fsp3) is 0.160. The molecule has 34 heavy (non-hydrogen) atoms. The Morgan fingerprint density at radius 1 is 1.09 bits per heavy atom. The number of benzene rings is 2. The molecule has 1 aromatic heterocycles. The molecule has 1 aliphatic rings. The second-order valence-corrected chi connectivity index (χ2v) is 7.99. The van der Waals surface area contributed by atoms with Gasteiger partial charge in [0.05, 0.1) is 11.3 Å². The third kappa shape index (κ3) is 5.59. The zero-order valence-electron chi connectivity index (χ0n) is 18.1. The van der Waals surface area contributed by atoms with E-state index in [-0.39, 0.29) is 0 Å². The van der Waals surface area contributed by atoms with Gasteiger partial charge in [0.25, 0.3) is 5.91 Å². The number of nitrogens with one attached hydrogen (secondary N) is 1. The average molecular weight is 481 g/mol. The number of anilines is 1. The Bertz CT molecular complexity index is 1240. The van der Waals surface area contributed by atoms with Crippen molar-refractivity contribution in [3.05, 3.63) is 77.6 Å². The molecule has 3 N–H and O–H groups in total. The van der Waals surface area contributed by atoms with Crippen molar-refractivity contribution in [2.45, 2.75) is 0 Å². The van der Waals surface area contributed by atoms with Gasteiger partial charge in [-0.05, 0) is 78.4 Å². The number of nitrogens with zero attached hydrogens (tertiary/aromatic N) is 2. The molecule has 1 amide bonds. The highest BCUT2D eigenvalue weighted by molar-refractivity contribution is 6.66. The maximum Gasteiger partial charge on any atom is 0.250 e. The fourth-order valence-corrected chi connectivity index (χ4v) is 3.71. The number of piperazine rings is 1. The minimum atomic E-state index is -0.680. The van der Waals surface area contributed by atoms with Gasteiger partial charge in [0, 0.05) is 37.3 Å². The minimum Gasteiger partial charge on any atom is -0.457 e. The van der Waals surface area contributed by atoms with Gasteiger partial charge in [-0.25, -0.2) is 9.37 Å². The van der Waals surface area contributed by atoms with Crippen LogP contribution in [0.4, 0.5) is 10.2 Å². The van der Waals surface area contributed by atoms with Gasteiger partial charge in [0.1, 0.15) is 23.1 Å². The zero-order valence-corrected chi connectivity index (χ0v) is 18.9. The molecule has 0 atom stereocenters. The number of aromatic nitrogens is 1. The van der Waals surface area contributed by atoms with Gasteiger partial charge in [-0.1, -0.05) is 0 Å². The number of carbonyl (C=O) groups excluding carboxylic acids is 2. The smallest absolute Gasteiger partial charge is 0.250 e. The van der Waals surface area contributed by atoms with E-state index in [0.29, 0.717) is 33.9 Å². The van der Waals surface area contributed by atoms with Crippen LogP contribution in [0.5, 0.6) is 11.5 Å². The second-order valence-electron chi connectivity index (χ2n) is 7.61. The van der Waals surface area contributed by atoms with Crippen LogP contribution in [0.15, 0.2) is 60.7 Å². The number of amides is 1. The molecule has 7 nitrogen and oxygen atoms in total. The van der Waals surface area contributed by atoms with Crippen molar-refractivity contribution in [3.63, 3.8) is 0 Å². The maximum atomic E-state index is 13.7. The van der Waals surface area contributed by atoms with Gasteiger partial charge in [-0.2, -0.15) is 0 Å². The summed E-state index contributed by atoms with van der Waals surface area (Å²) in [5.74, 6) is 0.560. The molecule has 4 rings (SSSR count). The predicted molar refractivity (Wildman–Crippen MR) is 130 cm³/mol.